The third kappa shape index (κ3) is 41.1. The summed E-state index contributed by atoms with van der Waals surface area (Å²) >= 11 is 0. The van der Waals surface area contributed by atoms with E-state index in [4.69, 9.17) is 14.2 Å². The zero-order chi connectivity index (χ0) is 45.6. The summed E-state index contributed by atoms with van der Waals surface area (Å²) in [7, 11) is 5.50. The summed E-state index contributed by atoms with van der Waals surface area (Å²) in [6.07, 6.45) is 60.9. The van der Waals surface area contributed by atoms with Crippen molar-refractivity contribution in [1.82, 2.24) is 0 Å². The highest BCUT2D eigenvalue weighted by molar-refractivity contribution is 5.72. The molecule has 0 saturated heterocycles. The topological polar surface area (TPSA) is 99.1 Å². The van der Waals surface area contributed by atoms with E-state index in [1.165, 1.54) is 38.5 Å². The predicted octanol–water partition coefficient (Wildman–Crippen LogP) is 13.4. The SMILES string of the molecule is CC/C=C/C=C/C=C/C=C/C=C/C=C/C=C/CCCCCC(=O)OCC(COCCC(C(=O)O)[N+](C)(C)C)OC(=O)CCCCCCCCCCC/C=C/C/C=C/C/C=C/CC. The van der Waals surface area contributed by atoms with E-state index in [0.717, 1.165) is 70.6 Å². The Labute approximate surface area is 378 Å². The number of likely N-dealkylation sites (N-methyl/N-ethyl adjacent to an activating group) is 1. The van der Waals surface area contributed by atoms with Crippen LogP contribution >= 0.6 is 0 Å². The second kappa shape index (κ2) is 43.4. The highest BCUT2D eigenvalue weighted by Crippen LogP contribution is 2.14. The molecule has 0 amide bonds. The summed E-state index contributed by atoms with van der Waals surface area (Å²) in [4.78, 5) is 37.1. The fourth-order valence-corrected chi connectivity index (χ4v) is 6.21. The number of nitrogens with zero attached hydrogens (tertiary/aromatic N) is 1. The van der Waals surface area contributed by atoms with Crippen molar-refractivity contribution in [2.75, 3.05) is 41.0 Å². The number of quaternary nitrogens is 1. The minimum Gasteiger partial charge on any atom is -0.477 e. The van der Waals surface area contributed by atoms with Crippen molar-refractivity contribution in [3.63, 3.8) is 0 Å². The molecule has 8 heteroatoms. The Bertz CT molecular complexity index is 1420. The van der Waals surface area contributed by atoms with Gasteiger partial charge in [-0.2, -0.15) is 0 Å². The van der Waals surface area contributed by atoms with Gasteiger partial charge in [-0.25, -0.2) is 4.79 Å². The largest absolute Gasteiger partial charge is 0.477 e. The highest BCUT2D eigenvalue weighted by atomic mass is 16.6. The first-order chi connectivity index (χ1) is 30.1. The molecule has 0 aliphatic heterocycles. The molecule has 8 nitrogen and oxygen atoms in total. The van der Waals surface area contributed by atoms with Gasteiger partial charge in [0.2, 0.25) is 0 Å². The molecule has 0 fully saturated rings. The van der Waals surface area contributed by atoms with Crippen molar-refractivity contribution in [3.8, 4) is 0 Å². The number of hydrogen-bond acceptors (Lipinski definition) is 6. The molecule has 0 spiro atoms. The van der Waals surface area contributed by atoms with Gasteiger partial charge in [0.25, 0.3) is 0 Å². The Hall–Kier alpha value is -4.27. The maximum Gasteiger partial charge on any atom is 0.362 e. The van der Waals surface area contributed by atoms with Gasteiger partial charge in [0.05, 0.1) is 34.4 Å². The Morgan fingerprint density at radius 3 is 1.47 bits per heavy atom. The highest BCUT2D eigenvalue weighted by Gasteiger charge is 2.31. The van der Waals surface area contributed by atoms with Crippen LogP contribution in [-0.4, -0.2) is 80.6 Å². The van der Waals surface area contributed by atoms with Crippen LogP contribution in [-0.2, 0) is 28.6 Å². The zero-order valence-corrected chi connectivity index (χ0v) is 39.5. The van der Waals surface area contributed by atoms with Crippen LogP contribution < -0.4 is 0 Å². The Morgan fingerprint density at radius 1 is 0.500 bits per heavy atom. The molecule has 0 bridgehead atoms. The Balaban J connectivity index is 4.44. The van der Waals surface area contributed by atoms with Crippen LogP contribution in [0.15, 0.2) is 122 Å². The second-order valence-corrected chi connectivity index (χ2v) is 16.4. The predicted molar refractivity (Wildman–Crippen MR) is 261 cm³/mol. The molecule has 0 saturated carbocycles. The molecule has 62 heavy (non-hydrogen) atoms. The summed E-state index contributed by atoms with van der Waals surface area (Å²) < 4.78 is 17.3. The fourth-order valence-electron chi connectivity index (χ4n) is 6.21. The summed E-state index contributed by atoms with van der Waals surface area (Å²) in [5.41, 5.74) is 0. The molecule has 0 aliphatic carbocycles. The van der Waals surface area contributed by atoms with Gasteiger partial charge in [-0.3, -0.25) is 9.59 Å². The molecule has 0 aliphatic rings. The molecule has 0 aromatic rings. The first kappa shape index (κ1) is 57.7. The normalized spacial score (nSPS) is 14.0. The maximum absolute atomic E-state index is 12.8. The van der Waals surface area contributed by atoms with Crippen LogP contribution in [0, 0.1) is 0 Å². The number of esters is 2. The van der Waals surface area contributed by atoms with E-state index in [-0.39, 0.29) is 36.2 Å². The van der Waals surface area contributed by atoms with E-state index in [1.807, 2.05) is 94.1 Å². The van der Waals surface area contributed by atoms with Crippen LogP contribution in [0.25, 0.3) is 0 Å². The lowest BCUT2D eigenvalue weighted by atomic mass is 10.1. The van der Waals surface area contributed by atoms with Gasteiger partial charge in [0.1, 0.15) is 6.61 Å². The van der Waals surface area contributed by atoms with Crippen molar-refractivity contribution >= 4 is 17.9 Å². The van der Waals surface area contributed by atoms with E-state index >= 15 is 0 Å². The summed E-state index contributed by atoms with van der Waals surface area (Å²) in [6.45, 7) is 4.40. The second-order valence-electron chi connectivity index (χ2n) is 16.4. The van der Waals surface area contributed by atoms with Crippen molar-refractivity contribution in [2.24, 2.45) is 0 Å². The number of carboxylic acid groups (broad SMARTS) is 1. The lowest BCUT2D eigenvalue weighted by molar-refractivity contribution is -0.887. The van der Waals surface area contributed by atoms with Gasteiger partial charge in [-0.1, -0.05) is 187 Å². The monoisotopic (exact) mass is 861 g/mol. The van der Waals surface area contributed by atoms with E-state index in [0.29, 0.717) is 25.7 Å². The minimum atomic E-state index is -0.889. The molecule has 0 aromatic heterocycles. The first-order valence-electron chi connectivity index (χ1n) is 23.7. The molecule has 0 heterocycles. The van der Waals surface area contributed by atoms with E-state index in [2.05, 4.69) is 62.5 Å². The molecule has 2 unspecified atom stereocenters. The van der Waals surface area contributed by atoms with Gasteiger partial charge in [0, 0.05) is 19.3 Å². The Kier molecular flexibility index (Phi) is 40.4. The fraction of sp³-hybridized carbons (Fsp3) is 0.574. The average Bonchev–Trinajstić information content (AvgIpc) is 3.23. The number of aliphatic carboxylic acids is 1. The van der Waals surface area contributed by atoms with Crippen LogP contribution in [0.2, 0.25) is 0 Å². The first-order valence-corrected chi connectivity index (χ1v) is 23.7. The van der Waals surface area contributed by atoms with Crippen LogP contribution in [0.3, 0.4) is 0 Å². The molecule has 2 atom stereocenters. The van der Waals surface area contributed by atoms with Crippen LogP contribution in [0.5, 0.6) is 0 Å². The molecular formula is C54H86NO7+. The minimum absolute atomic E-state index is 0.0349. The molecule has 1 N–H and O–H groups in total. The standard InChI is InChI=1S/C54H85NO7/c1-6-8-10-12-14-16-18-20-22-24-26-28-30-32-34-36-38-40-42-44-52(56)61-49-50(48-60-47-46-51(54(58)59)55(3,4)5)62-53(57)45-43-41-39-37-35-33-31-29-27-25-23-21-19-17-15-13-11-9-7-2/h8-12,14-18,20-24,26,28,30,32,34,50-51H,6-7,13,19,25,27,29,31,33,35-49H2,1-5H3/p+1/b10-8+,11-9+,14-12+,17-15+,18-16+,22-20+,23-21+,26-24+,30-28+,34-32+. The number of carbonyl (C=O) groups excluding carboxylic acids is 2. The van der Waals surface area contributed by atoms with E-state index in [9.17, 15) is 19.5 Å². The number of allylic oxidation sites excluding steroid dienone is 20. The number of hydrogen-bond donors (Lipinski definition) is 1. The van der Waals surface area contributed by atoms with Crippen LogP contribution in [0.4, 0.5) is 0 Å². The van der Waals surface area contributed by atoms with Crippen LogP contribution in [0.1, 0.15) is 149 Å². The lowest BCUT2D eigenvalue weighted by Gasteiger charge is -2.31. The molecule has 0 aromatic carbocycles. The maximum atomic E-state index is 12.8. The molecular weight excluding hydrogens is 775 g/mol. The van der Waals surface area contributed by atoms with Gasteiger partial charge in [-0.05, 0) is 64.2 Å². The molecule has 0 rings (SSSR count). The zero-order valence-electron chi connectivity index (χ0n) is 39.5. The lowest BCUT2D eigenvalue weighted by Crippen LogP contribution is -2.50. The number of carboxylic acids is 1. The third-order valence-electron chi connectivity index (χ3n) is 9.80. The third-order valence-corrected chi connectivity index (χ3v) is 9.80. The smallest absolute Gasteiger partial charge is 0.362 e. The van der Waals surface area contributed by atoms with E-state index < -0.39 is 18.1 Å². The van der Waals surface area contributed by atoms with Crippen molar-refractivity contribution in [3.05, 3.63) is 122 Å². The number of unbranched alkanes of at least 4 members (excludes halogenated alkanes) is 12. The number of ether oxygens (including phenoxy) is 3. The molecule has 0 radical (unpaired) electrons. The summed E-state index contributed by atoms with van der Waals surface area (Å²) in [5, 5.41) is 9.64. The van der Waals surface area contributed by atoms with Crippen molar-refractivity contribution < 1.29 is 38.2 Å². The van der Waals surface area contributed by atoms with Gasteiger partial charge >= 0.3 is 17.9 Å². The number of rotatable bonds is 40. The number of carbonyl (C=O) groups is 3. The summed E-state index contributed by atoms with van der Waals surface area (Å²) in [5.74, 6) is -1.55. The van der Waals surface area contributed by atoms with E-state index in [1.54, 1.807) is 0 Å². The summed E-state index contributed by atoms with van der Waals surface area (Å²) in [6, 6.07) is -0.631. The Morgan fingerprint density at radius 2 is 0.935 bits per heavy atom. The van der Waals surface area contributed by atoms with Gasteiger partial charge in [-0.15, -0.1) is 0 Å². The van der Waals surface area contributed by atoms with Crippen molar-refractivity contribution in [1.29, 1.82) is 0 Å². The quantitative estimate of drug-likeness (QED) is 0.0215. The molecule has 348 valence electrons. The van der Waals surface area contributed by atoms with Gasteiger partial charge < -0.3 is 23.8 Å². The average molecular weight is 861 g/mol. The van der Waals surface area contributed by atoms with Crippen molar-refractivity contribution in [2.45, 2.75) is 161 Å². The van der Waals surface area contributed by atoms with Gasteiger partial charge in [0.15, 0.2) is 12.1 Å².